The van der Waals surface area contributed by atoms with Gasteiger partial charge in [-0.15, -0.1) is 0 Å². The molecule has 0 bridgehead atoms. The van der Waals surface area contributed by atoms with Crippen molar-refractivity contribution >= 4 is 5.97 Å². The molecule has 0 amide bonds. The zero-order valence-corrected chi connectivity index (χ0v) is 10.8. The molecule has 0 aliphatic carbocycles. The van der Waals surface area contributed by atoms with E-state index in [0.29, 0.717) is 0 Å². The number of rotatable bonds is 3. The normalized spacial score (nSPS) is 14.6. The summed E-state index contributed by atoms with van der Waals surface area (Å²) in [6.45, 7) is 0.971. The number of ether oxygens (including phenoxy) is 1. The number of esters is 1. The van der Waals surface area contributed by atoms with Crippen LogP contribution in [0, 0.1) is 5.82 Å². The van der Waals surface area contributed by atoms with Gasteiger partial charge in [0.25, 0.3) is 0 Å². The fourth-order valence-corrected chi connectivity index (χ4v) is 1.44. The fraction of sp³-hybridized carbons (Fsp3) is 0.417. The van der Waals surface area contributed by atoms with Crippen molar-refractivity contribution in [2.24, 2.45) is 0 Å². The summed E-state index contributed by atoms with van der Waals surface area (Å²) in [4.78, 5) is 11.2. The Balaban J connectivity index is 3.05. The second kappa shape index (κ2) is 5.75. The summed E-state index contributed by atoms with van der Waals surface area (Å²) in [6.07, 6.45) is -14.2. The van der Waals surface area contributed by atoms with Crippen molar-refractivity contribution in [3.05, 3.63) is 35.6 Å². The Kier molecular flexibility index (Phi) is 4.76. The van der Waals surface area contributed by atoms with Crippen molar-refractivity contribution in [3.63, 3.8) is 0 Å². The first kappa shape index (κ1) is 18.2. The van der Waals surface area contributed by atoms with Crippen LogP contribution >= 0.6 is 0 Å². The molecule has 0 spiro atoms. The van der Waals surface area contributed by atoms with E-state index in [1.54, 1.807) is 0 Å². The summed E-state index contributed by atoms with van der Waals surface area (Å²) in [5.41, 5.74) is -5.70. The Labute approximate surface area is 119 Å². The third-order valence-corrected chi connectivity index (χ3v) is 2.74. The number of carbonyl (C=O) groups excluding carboxylic acids is 1. The summed E-state index contributed by atoms with van der Waals surface area (Å²) in [5, 5.41) is 8.81. The van der Waals surface area contributed by atoms with Gasteiger partial charge in [0.05, 0.1) is 0 Å². The molecule has 124 valence electrons. The maximum atomic E-state index is 12.7. The van der Waals surface area contributed by atoms with Crippen LogP contribution in [0.5, 0.6) is 0 Å². The maximum absolute atomic E-state index is 12.7. The predicted molar refractivity (Wildman–Crippen MR) is 58.0 cm³/mol. The number of hydrogen-bond donors (Lipinski definition) is 1. The quantitative estimate of drug-likeness (QED) is 0.682. The topological polar surface area (TPSA) is 46.5 Å². The first-order valence-corrected chi connectivity index (χ1v) is 5.63. The number of benzene rings is 1. The number of carbonyl (C=O) groups is 1. The molecule has 1 rings (SSSR count). The second-order valence-electron chi connectivity index (χ2n) is 4.31. The molecule has 1 aromatic rings. The molecule has 10 heteroatoms. The summed E-state index contributed by atoms with van der Waals surface area (Å²) in [6, 6.07) is 3.76. The van der Waals surface area contributed by atoms with Gasteiger partial charge < -0.3 is 9.84 Å². The van der Waals surface area contributed by atoms with Crippen LogP contribution in [0.3, 0.4) is 0 Å². The molecule has 1 unspecified atom stereocenters. The van der Waals surface area contributed by atoms with Gasteiger partial charge in [-0.3, -0.25) is 0 Å². The lowest BCUT2D eigenvalue weighted by Crippen LogP contribution is -2.63. The van der Waals surface area contributed by atoms with E-state index in [9.17, 15) is 35.5 Å². The molecule has 1 N–H and O–H groups in total. The van der Waals surface area contributed by atoms with Gasteiger partial charge in [-0.05, 0) is 24.6 Å². The highest BCUT2D eigenvalue weighted by molar-refractivity contribution is 5.81. The third-order valence-electron chi connectivity index (χ3n) is 2.74. The van der Waals surface area contributed by atoms with Crippen LogP contribution in [0.2, 0.25) is 0 Å². The average Bonchev–Trinajstić information content (AvgIpc) is 2.35. The van der Waals surface area contributed by atoms with Gasteiger partial charge in [-0.1, -0.05) is 12.1 Å². The lowest BCUT2D eigenvalue weighted by Gasteiger charge is -2.31. The number of hydrogen-bond acceptors (Lipinski definition) is 3. The molecular formula is C12H9F7O3. The van der Waals surface area contributed by atoms with Crippen molar-refractivity contribution in [2.75, 3.05) is 0 Å². The average molecular weight is 334 g/mol. The molecule has 1 atom stereocenters. The van der Waals surface area contributed by atoms with Crippen LogP contribution < -0.4 is 0 Å². The third kappa shape index (κ3) is 3.32. The molecule has 0 aromatic heterocycles. The van der Waals surface area contributed by atoms with E-state index in [2.05, 4.69) is 4.74 Å². The largest absolute Gasteiger partial charge is 0.455 e. The highest BCUT2D eigenvalue weighted by atomic mass is 19.4. The van der Waals surface area contributed by atoms with Gasteiger partial charge in [-0.2, -0.15) is 26.3 Å². The van der Waals surface area contributed by atoms with Crippen molar-refractivity contribution in [1.82, 2.24) is 0 Å². The van der Waals surface area contributed by atoms with E-state index < -0.39 is 35.8 Å². The SMILES string of the molecule is CC(OC(=O)C(O)(C(F)(F)F)C(F)(F)F)c1ccc(F)cc1. The van der Waals surface area contributed by atoms with Crippen molar-refractivity contribution in [3.8, 4) is 0 Å². The smallest absolute Gasteiger partial charge is 0.437 e. The van der Waals surface area contributed by atoms with Crippen LogP contribution in [-0.4, -0.2) is 29.0 Å². The first-order valence-electron chi connectivity index (χ1n) is 5.63. The molecule has 0 radical (unpaired) electrons. The molecule has 1 aromatic carbocycles. The van der Waals surface area contributed by atoms with Crippen LogP contribution in [0.25, 0.3) is 0 Å². The summed E-state index contributed by atoms with van der Waals surface area (Å²) in [5.74, 6) is -3.62. The van der Waals surface area contributed by atoms with Crippen LogP contribution in [0.15, 0.2) is 24.3 Å². The predicted octanol–water partition coefficient (Wildman–Crippen LogP) is 3.29. The van der Waals surface area contributed by atoms with E-state index in [1.807, 2.05) is 0 Å². The lowest BCUT2D eigenvalue weighted by atomic mass is 10.0. The monoisotopic (exact) mass is 334 g/mol. The van der Waals surface area contributed by atoms with E-state index in [-0.39, 0.29) is 5.56 Å². The van der Waals surface area contributed by atoms with Crippen LogP contribution in [0.4, 0.5) is 30.7 Å². The van der Waals surface area contributed by atoms with Crippen LogP contribution in [-0.2, 0) is 9.53 Å². The minimum atomic E-state index is -6.31. The molecule has 0 fully saturated rings. The molecule has 0 saturated heterocycles. The van der Waals surface area contributed by atoms with Gasteiger partial charge in [-0.25, -0.2) is 9.18 Å². The Hall–Kier alpha value is -1.84. The molecule has 0 aliphatic heterocycles. The van der Waals surface area contributed by atoms with Gasteiger partial charge in [0.1, 0.15) is 11.9 Å². The summed E-state index contributed by atoms with van der Waals surface area (Å²) < 4.78 is 91.3. The van der Waals surface area contributed by atoms with Gasteiger partial charge in [0, 0.05) is 0 Å². The number of alkyl halides is 6. The zero-order valence-electron chi connectivity index (χ0n) is 10.8. The van der Waals surface area contributed by atoms with E-state index in [1.165, 1.54) is 0 Å². The number of aliphatic hydroxyl groups is 1. The Bertz CT molecular complexity index is 519. The second-order valence-corrected chi connectivity index (χ2v) is 4.31. The minimum Gasteiger partial charge on any atom is -0.455 e. The molecule has 22 heavy (non-hydrogen) atoms. The maximum Gasteiger partial charge on any atom is 0.437 e. The molecular weight excluding hydrogens is 325 g/mol. The Morgan fingerprint density at radius 2 is 1.45 bits per heavy atom. The van der Waals surface area contributed by atoms with Crippen molar-refractivity contribution in [2.45, 2.75) is 31.0 Å². The van der Waals surface area contributed by atoms with Gasteiger partial charge in [0.15, 0.2) is 0 Å². The minimum absolute atomic E-state index is 0.0542. The summed E-state index contributed by atoms with van der Waals surface area (Å²) in [7, 11) is 0. The standard InChI is InChI=1S/C12H9F7O3/c1-6(7-2-4-8(13)5-3-7)22-9(20)10(21,11(14,15)16)12(17,18)19/h2-6,21H,1H3. The highest BCUT2D eigenvalue weighted by Gasteiger charge is 2.76. The highest BCUT2D eigenvalue weighted by Crippen LogP contribution is 2.44. The first-order chi connectivity index (χ1) is 9.80. The molecule has 0 saturated carbocycles. The molecule has 0 heterocycles. The van der Waals surface area contributed by atoms with E-state index in [0.717, 1.165) is 31.2 Å². The Morgan fingerprint density at radius 1 is 1.05 bits per heavy atom. The Morgan fingerprint density at radius 3 is 1.82 bits per heavy atom. The molecule has 3 nitrogen and oxygen atoms in total. The van der Waals surface area contributed by atoms with Gasteiger partial charge in [0.2, 0.25) is 0 Å². The van der Waals surface area contributed by atoms with Crippen molar-refractivity contribution in [1.29, 1.82) is 0 Å². The lowest BCUT2D eigenvalue weighted by molar-refractivity contribution is -0.357. The van der Waals surface area contributed by atoms with Crippen molar-refractivity contribution < 1.29 is 45.4 Å². The van der Waals surface area contributed by atoms with Crippen LogP contribution in [0.1, 0.15) is 18.6 Å². The molecule has 0 aliphatic rings. The summed E-state index contributed by atoms with van der Waals surface area (Å²) >= 11 is 0. The van der Waals surface area contributed by atoms with E-state index >= 15 is 0 Å². The van der Waals surface area contributed by atoms with Gasteiger partial charge >= 0.3 is 23.9 Å². The fourth-order valence-electron chi connectivity index (χ4n) is 1.44. The zero-order chi connectivity index (χ0) is 17.3. The van der Waals surface area contributed by atoms with E-state index in [4.69, 9.17) is 5.11 Å². The number of halogens is 7.